The van der Waals surface area contributed by atoms with Crippen molar-refractivity contribution in [3.05, 3.63) is 77.0 Å². The van der Waals surface area contributed by atoms with E-state index in [0.29, 0.717) is 17.0 Å². The maximum atomic E-state index is 13.3. The number of amides is 1. The second kappa shape index (κ2) is 8.19. The molecule has 1 amide bonds. The standard InChI is InChI=1S/C24H23N5O3/c1-24(2,3)32-23(30)29-22-20-11-6-5-8-17(20)15-26-28(22)18(14-25)13-21(27-29)16-9-7-10-19(12-16)31-4/h5-13,15,22H,1-4H3. The number of fused-ring (bicyclic) bond motifs is 3. The summed E-state index contributed by atoms with van der Waals surface area (Å²) in [5, 5.41) is 21.8. The molecule has 0 bridgehead atoms. The molecule has 32 heavy (non-hydrogen) atoms. The molecule has 0 saturated heterocycles. The van der Waals surface area contributed by atoms with E-state index in [4.69, 9.17) is 9.47 Å². The molecule has 0 fully saturated rings. The number of hydrogen-bond donors (Lipinski definition) is 0. The molecule has 8 nitrogen and oxygen atoms in total. The Hall–Kier alpha value is -4.12. The van der Waals surface area contributed by atoms with Gasteiger partial charge in [-0.15, -0.1) is 0 Å². The number of allylic oxidation sites excluding steroid dienone is 2. The van der Waals surface area contributed by atoms with Gasteiger partial charge in [-0.2, -0.15) is 20.5 Å². The molecule has 2 heterocycles. The Labute approximate surface area is 186 Å². The van der Waals surface area contributed by atoms with Gasteiger partial charge in [0.05, 0.1) is 19.0 Å². The van der Waals surface area contributed by atoms with Crippen LogP contribution in [0.5, 0.6) is 5.75 Å². The van der Waals surface area contributed by atoms with Gasteiger partial charge in [0.15, 0.2) is 6.17 Å². The van der Waals surface area contributed by atoms with Crippen molar-refractivity contribution in [1.29, 1.82) is 5.26 Å². The molecule has 0 aliphatic carbocycles. The van der Waals surface area contributed by atoms with Gasteiger partial charge in [-0.05, 0) is 32.9 Å². The van der Waals surface area contributed by atoms with Crippen LogP contribution >= 0.6 is 0 Å². The Kier molecular flexibility index (Phi) is 5.41. The highest BCUT2D eigenvalue weighted by atomic mass is 16.6. The zero-order valence-electron chi connectivity index (χ0n) is 18.3. The summed E-state index contributed by atoms with van der Waals surface area (Å²) in [4.78, 5) is 13.3. The van der Waals surface area contributed by atoms with Gasteiger partial charge >= 0.3 is 6.09 Å². The van der Waals surface area contributed by atoms with Crippen molar-refractivity contribution >= 4 is 18.0 Å². The van der Waals surface area contributed by atoms with Crippen LogP contribution in [-0.4, -0.2) is 40.7 Å². The van der Waals surface area contributed by atoms with Crippen molar-refractivity contribution in [1.82, 2.24) is 10.0 Å². The average molecular weight is 429 g/mol. The van der Waals surface area contributed by atoms with Crippen molar-refractivity contribution in [2.45, 2.75) is 32.5 Å². The van der Waals surface area contributed by atoms with E-state index >= 15 is 0 Å². The Morgan fingerprint density at radius 3 is 2.66 bits per heavy atom. The molecule has 0 saturated carbocycles. The van der Waals surface area contributed by atoms with E-state index in [1.54, 1.807) is 46.2 Å². The first-order chi connectivity index (χ1) is 15.3. The summed E-state index contributed by atoms with van der Waals surface area (Å²) in [5.41, 5.74) is 2.22. The number of nitrogens with zero attached hydrogens (tertiary/aromatic N) is 5. The molecule has 2 aliphatic heterocycles. The highest BCUT2D eigenvalue weighted by molar-refractivity contribution is 6.10. The molecule has 2 aliphatic rings. The van der Waals surface area contributed by atoms with Crippen LogP contribution in [0.25, 0.3) is 0 Å². The second-order valence-corrected chi connectivity index (χ2v) is 8.28. The number of hydrogen-bond acceptors (Lipinski definition) is 7. The number of carbonyl (C=O) groups excluding carboxylic acids is 1. The van der Waals surface area contributed by atoms with Crippen molar-refractivity contribution in [2.24, 2.45) is 10.2 Å². The quantitative estimate of drug-likeness (QED) is 0.705. The third kappa shape index (κ3) is 4.05. The van der Waals surface area contributed by atoms with E-state index in [1.807, 2.05) is 42.5 Å². The largest absolute Gasteiger partial charge is 0.497 e. The fourth-order valence-electron chi connectivity index (χ4n) is 3.46. The summed E-state index contributed by atoms with van der Waals surface area (Å²) in [6.07, 6.45) is 1.85. The van der Waals surface area contributed by atoms with E-state index in [9.17, 15) is 10.1 Å². The lowest BCUT2D eigenvalue weighted by Gasteiger charge is -2.36. The number of hydrazone groups is 2. The van der Waals surface area contributed by atoms with Crippen LogP contribution in [0.2, 0.25) is 0 Å². The molecule has 2 aromatic rings. The van der Waals surface area contributed by atoms with Crippen molar-refractivity contribution < 1.29 is 14.3 Å². The van der Waals surface area contributed by atoms with E-state index in [-0.39, 0.29) is 5.70 Å². The summed E-state index contributed by atoms with van der Waals surface area (Å²) in [5.74, 6) is 0.631. The van der Waals surface area contributed by atoms with Gasteiger partial charge < -0.3 is 9.47 Å². The molecule has 0 aromatic heterocycles. The summed E-state index contributed by atoms with van der Waals surface area (Å²) in [7, 11) is 1.57. The highest BCUT2D eigenvalue weighted by Gasteiger charge is 2.40. The Balaban J connectivity index is 1.91. The summed E-state index contributed by atoms with van der Waals surface area (Å²) >= 11 is 0. The van der Waals surface area contributed by atoms with Crippen molar-refractivity contribution in [3.63, 3.8) is 0 Å². The minimum Gasteiger partial charge on any atom is -0.497 e. The Morgan fingerprint density at radius 2 is 1.94 bits per heavy atom. The van der Waals surface area contributed by atoms with Crippen LogP contribution in [0.4, 0.5) is 4.79 Å². The van der Waals surface area contributed by atoms with Gasteiger partial charge in [0.25, 0.3) is 0 Å². The third-order valence-corrected chi connectivity index (χ3v) is 4.86. The lowest BCUT2D eigenvalue weighted by atomic mass is 10.0. The van der Waals surface area contributed by atoms with Gasteiger partial charge in [-0.25, -0.2) is 9.80 Å². The molecule has 0 N–H and O–H groups in total. The molecular weight excluding hydrogens is 406 g/mol. The number of nitriles is 1. The first kappa shape index (κ1) is 21.1. The lowest BCUT2D eigenvalue weighted by Crippen LogP contribution is -2.43. The molecule has 1 unspecified atom stereocenters. The zero-order valence-corrected chi connectivity index (χ0v) is 18.3. The predicted octanol–water partition coefficient (Wildman–Crippen LogP) is 4.41. The minimum absolute atomic E-state index is 0.244. The molecule has 162 valence electrons. The number of ether oxygens (including phenoxy) is 2. The van der Waals surface area contributed by atoms with Crippen LogP contribution in [0.1, 0.15) is 43.6 Å². The Bertz CT molecular complexity index is 1190. The van der Waals surface area contributed by atoms with Gasteiger partial charge in [0, 0.05) is 22.8 Å². The predicted molar refractivity (Wildman–Crippen MR) is 120 cm³/mol. The fourth-order valence-corrected chi connectivity index (χ4v) is 3.46. The second-order valence-electron chi connectivity index (χ2n) is 8.28. The first-order valence-electron chi connectivity index (χ1n) is 10.1. The molecule has 2 aromatic carbocycles. The average Bonchev–Trinajstić information content (AvgIpc) is 2.95. The topological polar surface area (TPSA) is 90.5 Å². The summed E-state index contributed by atoms with van der Waals surface area (Å²) < 4.78 is 11.0. The monoisotopic (exact) mass is 429 g/mol. The van der Waals surface area contributed by atoms with Gasteiger partial charge in [0.2, 0.25) is 0 Å². The molecule has 1 atom stereocenters. The smallest absolute Gasteiger partial charge is 0.433 e. The minimum atomic E-state index is -0.778. The summed E-state index contributed by atoms with van der Waals surface area (Å²) in [6, 6.07) is 17.0. The van der Waals surface area contributed by atoms with E-state index in [2.05, 4.69) is 16.3 Å². The normalized spacial score (nSPS) is 17.3. The SMILES string of the molecule is COc1cccc(C2=NN(C(=O)OC(C)(C)C)C3c4ccccc4C=NN3C(C#N)=C2)c1. The molecule has 8 heteroatoms. The van der Waals surface area contributed by atoms with Crippen LogP contribution in [0.15, 0.2) is 70.5 Å². The molecule has 0 spiro atoms. The summed E-state index contributed by atoms with van der Waals surface area (Å²) in [6.45, 7) is 5.37. The maximum Gasteiger partial charge on any atom is 0.433 e. The van der Waals surface area contributed by atoms with Crippen LogP contribution < -0.4 is 4.74 Å². The highest BCUT2D eigenvalue weighted by Crippen LogP contribution is 2.37. The van der Waals surface area contributed by atoms with E-state index in [1.165, 1.54) is 10.0 Å². The number of benzene rings is 2. The van der Waals surface area contributed by atoms with Crippen LogP contribution in [0.3, 0.4) is 0 Å². The lowest BCUT2D eigenvalue weighted by molar-refractivity contribution is -0.00431. The molecule has 4 rings (SSSR count). The van der Waals surface area contributed by atoms with E-state index < -0.39 is 17.9 Å². The number of methoxy groups -OCH3 is 1. The first-order valence-corrected chi connectivity index (χ1v) is 10.1. The van der Waals surface area contributed by atoms with Gasteiger partial charge in [0.1, 0.15) is 23.1 Å². The third-order valence-electron chi connectivity index (χ3n) is 4.86. The maximum absolute atomic E-state index is 13.3. The van der Waals surface area contributed by atoms with E-state index in [0.717, 1.165) is 11.1 Å². The van der Waals surface area contributed by atoms with Crippen molar-refractivity contribution in [2.75, 3.05) is 7.11 Å². The van der Waals surface area contributed by atoms with Gasteiger partial charge in [-0.1, -0.05) is 36.4 Å². The number of rotatable bonds is 2. The zero-order chi connectivity index (χ0) is 22.9. The van der Waals surface area contributed by atoms with Gasteiger partial charge in [-0.3, -0.25) is 0 Å². The van der Waals surface area contributed by atoms with Crippen molar-refractivity contribution in [3.8, 4) is 11.8 Å². The Morgan fingerprint density at radius 1 is 1.16 bits per heavy atom. The molecular formula is C24H23N5O3. The molecule has 0 radical (unpaired) electrons. The van der Waals surface area contributed by atoms with Crippen LogP contribution in [-0.2, 0) is 4.74 Å². The number of carbonyl (C=O) groups is 1. The van der Waals surface area contributed by atoms with Crippen LogP contribution in [0, 0.1) is 11.3 Å². The fraction of sp³-hybridized carbons (Fsp3) is 0.250.